The molecule has 1 unspecified atom stereocenters. The van der Waals surface area contributed by atoms with E-state index in [1.807, 2.05) is 19.1 Å². The Morgan fingerprint density at radius 1 is 1.33 bits per heavy atom. The summed E-state index contributed by atoms with van der Waals surface area (Å²) in [5.41, 5.74) is 7.16. The van der Waals surface area contributed by atoms with E-state index in [0.717, 1.165) is 11.1 Å². The number of rotatable bonds is 6. The minimum Gasteiger partial charge on any atom is -0.468 e. The van der Waals surface area contributed by atoms with Gasteiger partial charge < -0.3 is 10.2 Å². The molecule has 0 radical (unpaired) electrons. The number of nitrogens with one attached hydrogen (secondary N) is 1. The fourth-order valence-electron chi connectivity index (χ4n) is 2.16. The highest BCUT2D eigenvalue weighted by Gasteiger charge is 2.22. The van der Waals surface area contributed by atoms with E-state index >= 15 is 0 Å². The summed E-state index contributed by atoms with van der Waals surface area (Å²) in [5, 5.41) is 0. The Kier molecular flexibility index (Phi) is 4.82. The van der Waals surface area contributed by atoms with Crippen LogP contribution in [0.4, 0.5) is 0 Å². The first-order valence-corrected chi connectivity index (χ1v) is 8.34. The second-order valence-electron chi connectivity index (χ2n) is 4.86. The molecular weight excluding hydrogens is 288 g/mol. The molecule has 0 bridgehead atoms. The fraction of sp³-hybridized carbons (Fsp3) is 0.333. The molecule has 0 fully saturated rings. The quantitative estimate of drug-likeness (QED) is 0.857. The maximum atomic E-state index is 12.6. The minimum atomic E-state index is -3.63. The summed E-state index contributed by atoms with van der Waals surface area (Å²) in [5.74, 6) is 0.576. The molecule has 5 nitrogen and oxygen atoms in total. The molecule has 1 heterocycles. The number of hydrogen-bond donors (Lipinski definition) is 2. The molecule has 2 rings (SSSR count). The monoisotopic (exact) mass is 308 g/mol. The Morgan fingerprint density at radius 2 is 2.10 bits per heavy atom. The van der Waals surface area contributed by atoms with Crippen molar-refractivity contribution < 1.29 is 12.8 Å². The van der Waals surface area contributed by atoms with Crippen molar-refractivity contribution in [1.29, 1.82) is 0 Å². The number of hydrogen-bond acceptors (Lipinski definition) is 4. The van der Waals surface area contributed by atoms with E-state index in [1.54, 1.807) is 25.1 Å². The Balaban J connectivity index is 2.34. The summed E-state index contributed by atoms with van der Waals surface area (Å²) in [6, 6.07) is 8.34. The molecule has 21 heavy (non-hydrogen) atoms. The molecular formula is C15H20N2O3S. The molecule has 3 N–H and O–H groups in total. The number of aryl methyl sites for hydroxylation is 1. The first-order chi connectivity index (χ1) is 9.97. The average Bonchev–Trinajstić information content (AvgIpc) is 3.00. The lowest BCUT2D eigenvalue weighted by Crippen LogP contribution is -2.27. The molecule has 1 aromatic heterocycles. The average molecular weight is 308 g/mol. The first-order valence-electron chi connectivity index (χ1n) is 6.85. The van der Waals surface area contributed by atoms with Crippen molar-refractivity contribution in [2.75, 3.05) is 0 Å². The maximum absolute atomic E-state index is 12.6. The first kappa shape index (κ1) is 15.8. The number of sulfonamides is 1. The van der Waals surface area contributed by atoms with Gasteiger partial charge >= 0.3 is 0 Å². The van der Waals surface area contributed by atoms with Gasteiger partial charge in [-0.05, 0) is 42.7 Å². The predicted molar refractivity (Wildman–Crippen MR) is 81.2 cm³/mol. The molecule has 0 saturated carbocycles. The van der Waals surface area contributed by atoms with E-state index in [4.69, 9.17) is 10.2 Å². The van der Waals surface area contributed by atoms with E-state index in [2.05, 4.69) is 4.72 Å². The smallest absolute Gasteiger partial charge is 0.241 e. The Hall–Kier alpha value is -1.63. The molecule has 0 spiro atoms. The van der Waals surface area contributed by atoms with Crippen molar-refractivity contribution in [3.05, 3.63) is 53.5 Å². The zero-order valence-electron chi connectivity index (χ0n) is 12.2. The maximum Gasteiger partial charge on any atom is 0.241 e. The van der Waals surface area contributed by atoms with Gasteiger partial charge in [-0.25, -0.2) is 13.1 Å². The van der Waals surface area contributed by atoms with Crippen LogP contribution in [0.2, 0.25) is 0 Å². The second kappa shape index (κ2) is 6.43. The second-order valence-corrected chi connectivity index (χ2v) is 6.54. The molecule has 0 amide bonds. The van der Waals surface area contributed by atoms with Crippen molar-refractivity contribution >= 4 is 10.0 Å². The van der Waals surface area contributed by atoms with Gasteiger partial charge in [-0.3, -0.25) is 0 Å². The molecule has 1 atom stereocenters. The number of benzene rings is 1. The van der Waals surface area contributed by atoms with E-state index in [0.29, 0.717) is 18.7 Å². The van der Waals surface area contributed by atoms with Crippen molar-refractivity contribution in [2.45, 2.75) is 37.8 Å². The lowest BCUT2D eigenvalue weighted by molar-refractivity contribution is 0.459. The molecule has 0 aliphatic heterocycles. The van der Waals surface area contributed by atoms with Crippen LogP contribution in [0.1, 0.15) is 36.8 Å². The predicted octanol–water partition coefficient (Wildman–Crippen LogP) is 2.34. The molecule has 114 valence electrons. The Bertz CT molecular complexity index is 694. The summed E-state index contributed by atoms with van der Waals surface area (Å²) in [6.07, 6.45) is 2.16. The molecule has 0 saturated heterocycles. The van der Waals surface area contributed by atoms with Crippen LogP contribution < -0.4 is 10.5 Å². The van der Waals surface area contributed by atoms with Gasteiger partial charge in [0.2, 0.25) is 10.0 Å². The van der Waals surface area contributed by atoms with Gasteiger partial charge in [0.25, 0.3) is 0 Å². The van der Waals surface area contributed by atoms with Crippen LogP contribution in [0.25, 0.3) is 0 Å². The summed E-state index contributed by atoms with van der Waals surface area (Å²) in [4.78, 5) is 0.284. The molecule has 0 aliphatic rings. The van der Waals surface area contributed by atoms with Crippen LogP contribution in [-0.2, 0) is 23.0 Å². The summed E-state index contributed by atoms with van der Waals surface area (Å²) >= 11 is 0. The third-order valence-corrected chi connectivity index (χ3v) is 4.96. The van der Waals surface area contributed by atoms with Crippen LogP contribution in [-0.4, -0.2) is 8.42 Å². The van der Waals surface area contributed by atoms with Gasteiger partial charge in [0, 0.05) is 6.54 Å². The van der Waals surface area contributed by atoms with E-state index in [9.17, 15) is 8.42 Å². The van der Waals surface area contributed by atoms with Crippen LogP contribution in [0.5, 0.6) is 0 Å². The van der Waals surface area contributed by atoms with Gasteiger partial charge in [0.15, 0.2) is 0 Å². The van der Waals surface area contributed by atoms with Crippen molar-refractivity contribution in [1.82, 2.24) is 4.72 Å². The molecule has 1 aromatic carbocycles. The topological polar surface area (TPSA) is 85.3 Å². The van der Waals surface area contributed by atoms with Crippen molar-refractivity contribution in [3.8, 4) is 0 Å². The Labute approximate surface area is 125 Å². The van der Waals surface area contributed by atoms with E-state index < -0.39 is 16.1 Å². The third-order valence-electron chi connectivity index (χ3n) is 3.34. The summed E-state index contributed by atoms with van der Waals surface area (Å²) < 4.78 is 33.1. The zero-order valence-corrected chi connectivity index (χ0v) is 13.0. The van der Waals surface area contributed by atoms with Crippen molar-refractivity contribution in [3.63, 3.8) is 0 Å². The standard InChI is InChI=1S/C15H20N2O3S/c1-3-13-7-6-12(10-16)9-15(13)21(18,19)17-11(2)14-5-4-8-20-14/h4-9,11,17H,3,10,16H2,1-2H3. The Morgan fingerprint density at radius 3 is 2.67 bits per heavy atom. The fourth-order valence-corrected chi connectivity index (χ4v) is 3.73. The van der Waals surface area contributed by atoms with Crippen LogP contribution in [0.3, 0.4) is 0 Å². The lowest BCUT2D eigenvalue weighted by atomic mass is 10.1. The van der Waals surface area contributed by atoms with E-state index in [1.165, 1.54) is 6.26 Å². The van der Waals surface area contributed by atoms with E-state index in [-0.39, 0.29) is 4.90 Å². The zero-order chi connectivity index (χ0) is 15.5. The molecule has 0 aliphatic carbocycles. The lowest BCUT2D eigenvalue weighted by Gasteiger charge is -2.15. The number of furan rings is 1. The van der Waals surface area contributed by atoms with Gasteiger partial charge in [0.05, 0.1) is 17.2 Å². The summed E-state index contributed by atoms with van der Waals surface area (Å²) in [7, 11) is -3.63. The minimum absolute atomic E-state index is 0.284. The van der Waals surface area contributed by atoms with Crippen LogP contribution in [0.15, 0.2) is 45.9 Å². The highest BCUT2D eigenvalue weighted by Crippen LogP contribution is 2.22. The van der Waals surface area contributed by atoms with Gasteiger partial charge in [0.1, 0.15) is 5.76 Å². The SMILES string of the molecule is CCc1ccc(CN)cc1S(=O)(=O)NC(C)c1ccco1. The van der Waals surface area contributed by atoms with Gasteiger partial charge in [-0.1, -0.05) is 19.1 Å². The molecule has 6 heteroatoms. The van der Waals surface area contributed by atoms with Gasteiger partial charge in [-0.15, -0.1) is 0 Å². The normalized spacial score (nSPS) is 13.3. The highest BCUT2D eigenvalue weighted by molar-refractivity contribution is 7.89. The summed E-state index contributed by atoms with van der Waals surface area (Å²) in [6.45, 7) is 3.97. The van der Waals surface area contributed by atoms with Crippen LogP contribution >= 0.6 is 0 Å². The number of nitrogens with two attached hydrogens (primary N) is 1. The highest BCUT2D eigenvalue weighted by atomic mass is 32.2. The van der Waals surface area contributed by atoms with Crippen molar-refractivity contribution in [2.24, 2.45) is 5.73 Å². The third kappa shape index (κ3) is 3.53. The van der Waals surface area contributed by atoms with Gasteiger partial charge in [-0.2, -0.15) is 0 Å². The van der Waals surface area contributed by atoms with Crippen LogP contribution in [0, 0.1) is 0 Å². The molecule has 2 aromatic rings. The largest absolute Gasteiger partial charge is 0.468 e.